The first-order valence-electron chi connectivity index (χ1n) is 11.2. The van der Waals surface area contributed by atoms with Crippen LogP contribution in [0.4, 0.5) is 5.13 Å². The molecule has 0 saturated carbocycles. The molecule has 0 N–H and O–H groups in total. The number of carbonyl (C=O) groups is 1. The molecular formula is C25H24ClN3O4S2. The van der Waals surface area contributed by atoms with E-state index in [-0.39, 0.29) is 23.9 Å². The van der Waals surface area contributed by atoms with Crippen LogP contribution in [0.15, 0.2) is 64.1 Å². The van der Waals surface area contributed by atoms with Crippen molar-refractivity contribution >= 4 is 54.2 Å². The highest BCUT2D eigenvalue weighted by Crippen LogP contribution is 2.35. The molecule has 10 heteroatoms. The smallest absolute Gasteiger partial charge is 0.247 e. The molecule has 0 spiro atoms. The highest BCUT2D eigenvalue weighted by molar-refractivity contribution is 7.89. The van der Waals surface area contributed by atoms with Crippen molar-refractivity contribution in [2.45, 2.75) is 44.2 Å². The number of nitrogens with zero attached hydrogens (tertiary/aromatic N) is 3. The number of rotatable bonds is 6. The number of aromatic nitrogens is 1. The topological polar surface area (TPSA) is 83.7 Å². The van der Waals surface area contributed by atoms with Gasteiger partial charge in [-0.2, -0.15) is 4.31 Å². The SMILES string of the molecule is Cc1cc(C)c2sc(N(Cc3ccco3)C(=O)C3CCCN3S(=O)(=O)c3ccc(Cl)cc3)nc2c1. The van der Waals surface area contributed by atoms with Crippen molar-refractivity contribution in [2.24, 2.45) is 0 Å². The number of halogens is 1. The van der Waals surface area contributed by atoms with Crippen LogP contribution in [0.3, 0.4) is 0 Å². The third kappa shape index (κ3) is 4.61. The second-order valence-electron chi connectivity index (χ2n) is 8.66. The lowest BCUT2D eigenvalue weighted by Gasteiger charge is -2.28. The molecule has 1 aliphatic rings. The van der Waals surface area contributed by atoms with E-state index in [1.165, 1.54) is 39.9 Å². The fourth-order valence-corrected chi connectivity index (χ4v) is 7.27. The largest absolute Gasteiger partial charge is 0.467 e. The Kier molecular flexibility index (Phi) is 6.43. The van der Waals surface area contributed by atoms with Gasteiger partial charge in [0.25, 0.3) is 0 Å². The van der Waals surface area contributed by atoms with E-state index < -0.39 is 16.1 Å². The molecule has 2 aromatic heterocycles. The minimum Gasteiger partial charge on any atom is -0.467 e. The summed E-state index contributed by atoms with van der Waals surface area (Å²) in [5.74, 6) is 0.278. The Morgan fingerprint density at radius 3 is 2.71 bits per heavy atom. The van der Waals surface area contributed by atoms with Crippen LogP contribution in [0.2, 0.25) is 5.02 Å². The van der Waals surface area contributed by atoms with Crippen molar-refractivity contribution < 1.29 is 17.6 Å². The molecule has 2 aromatic carbocycles. The maximum atomic E-state index is 14.0. The molecule has 4 aromatic rings. The molecule has 1 saturated heterocycles. The van der Waals surface area contributed by atoms with Crippen LogP contribution < -0.4 is 4.90 Å². The van der Waals surface area contributed by atoms with E-state index in [1.807, 2.05) is 19.9 Å². The predicted molar refractivity (Wildman–Crippen MR) is 137 cm³/mol. The van der Waals surface area contributed by atoms with E-state index in [2.05, 4.69) is 6.07 Å². The summed E-state index contributed by atoms with van der Waals surface area (Å²) < 4.78 is 34.7. The number of sulfonamides is 1. The first-order valence-corrected chi connectivity index (χ1v) is 13.9. The van der Waals surface area contributed by atoms with E-state index >= 15 is 0 Å². The number of thiazole rings is 1. The van der Waals surface area contributed by atoms with Gasteiger partial charge in [0.05, 0.1) is 27.9 Å². The third-order valence-corrected chi connectivity index (χ3v) is 9.51. The van der Waals surface area contributed by atoms with Crippen molar-refractivity contribution in [1.29, 1.82) is 0 Å². The minimum atomic E-state index is -3.88. The fourth-order valence-electron chi connectivity index (χ4n) is 4.48. The Bertz CT molecular complexity index is 1480. The maximum absolute atomic E-state index is 14.0. The van der Waals surface area contributed by atoms with Gasteiger partial charge in [0.15, 0.2) is 5.13 Å². The third-order valence-electron chi connectivity index (χ3n) is 6.11. The van der Waals surface area contributed by atoms with E-state index in [9.17, 15) is 13.2 Å². The van der Waals surface area contributed by atoms with Crippen LogP contribution in [-0.2, 0) is 21.4 Å². The first-order chi connectivity index (χ1) is 16.7. The van der Waals surface area contributed by atoms with Crippen LogP contribution >= 0.6 is 22.9 Å². The molecular weight excluding hydrogens is 506 g/mol. The van der Waals surface area contributed by atoms with Gasteiger partial charge < -0.3 is 4.42 Å². The van der Waals surface area contributed by atoms with Gasteiger partial charge in [-0.1, -0.05) is 29.0 Å². The summed E-state index contributed by atoms with van der Waals surface area (Å²) in [5, 5.41) is 0.967. The van der Waals surface area contributed by atoms with E-state index in [0.717, 1.165) is 21.3 Å². The Hall–Kier alpha value is -2.72. The lowest BCUT2D eigenvalue weighted by molar-refractivity contribution is -0.121. The standard InChI is InChI=1S/C25H24ClN3O4S2/c1-16-13-17(2)23-21(14-16)27-25(34-23)28(15-19-5-4-12-33-19)24(30)22-6-3-11-29(22)35(31,32)20-9-7-18(26)8-10-20/h4-5,7-10,12-14,22H,3,6,11,15H2,1-2H3. The Balaban J connectivity index is 1.53. The van der Waals surface area contributed by atoms with Crippen LogP contribution in [0.25, 0.3) is 10.2 Å². The van der Waals surface area contributed by atoms with Crippen molar-refractivity contribution in [3.8, 4) is 0 Å². The zero-order valence-corrected chi connectivity index (χ0v) is 21.7. The molecule has 1 unspecified atom stereocenters. The molecule has 5 rings (SSSR count). The Morgan fingerprint density at radius 2 is 2.00 bits per heavy atom. The number of anilines is 1. The normalized spacial score (nSPS) is 16.7. The Labute approximate surface area is 213 Å². The van der Waals surface area contributed by atoms with Gasteiger partial charge in [-0.3, -0.25) is 9.69 Å². The summed E-state index contributed by atoms with van der Waals surface area (Å²) >= 11 is 7.37. The number of benzene rings is 2. The van der Waals surface area contributed by atoms with Crippen LogP contribution in [0.5, 0.6) is 0 Å². The number of amides is 1. The van der Waals surface area contributed by atoms with Crippen molar-refractivity contribution in [1.82, 2.24) is 9.29 Å². The quantitative estimate of drug-likeness (QED) is 0.327. The van der Waals surface area contributed by atoms with Gasteiger partial charge in [-0.05, 0) is 80.3 Å². The molecule has 0 aliphatic carbocycles. The molecule has 35 heavy (non-hydrogen) atoms. The summed E-state index contributed by atoms with van der Waals surface area (Å²) in [6.45, 7) is 4.46. The zero-order chi connectivity index (χ0) is 24.7. The Morgan fingerprint density at radius 1 is 1.23 bits per heavy atom. The lowest BCUT2D eigenvalue weighted by atomic mass is 10.1. The molecule has 3 heterocycles. The number of furan rings is 1. The fraction of sp³-hybridized carbons (Fsp3) is 0.280. The van der Waals surface area contributed by atoms with Gasteiger partial charge in [-0.25, -0.2) is 13.4 Å². The highest BCUT2D eigenvalue weighted by Gasteiger charge is 2.42. The average molecular weight is 530 g/mol. The van der Waals surface area contributed by atoms with Crippen LogP contribution in [0, 0.1) is 13.8 Å². The number of hydrogen-bond acceptors (Lipinski definition) is 6. The number of carbonyl (C=O) groups excluding carboxylic acids is 1. The van der Waals surface area contributed by atoms with Gasteiger partial charge in [-0.15, -0.1) is 0 Å². The van der Waals surface area contributed by atoms with E-state index in [4.69, 9.17) is 21.0 Å². The van der Waals surface area contributed by atoms with Crippen molar-refractivity contribution in [3.63, 3.8) is 0 Å². The van der Waals surface area contributed by atoms with Gasteiger partial charge in [0, 0.05) is 11.6 Å². The van der Waals surface area contributed by atoms with Crippen molar-refractivity contribution in [3.05, 3.63) is 76.7 Å². The molecule has 1 aliphatic heterocycles. The van der Waals surface area contributed by atoms with Gasteiger partial charge >= 0.3 is 0 Å². The summed E-state index contributed by atoms with van der Waals surface area (Å²) in [7, 11) is -3.88. The van der Waals surface area contributed by atoms with Gasteiger partial charge in [0.1, 0.15) is 11.8 Å². The summed E-state index contributed by atoms with van der Waals surface area (Å²) in [6, 6.07) is 12.8. The van der Waals surface area contributed by atoms with Crippen LogP contribution in [0.1, 0.15) is 29.7 Å². The molecule has 7 nitrogen and oxygen atoms in total. The van der Waals surface area contributed by atoms with Crippen molar-refractivity contribution in [2.75, 3.05) is 11.4 Å². The second-order valence-corrected chi connectivity index (χ2v) is 12.0. The average Bonchev–Trinajstić information content (AvgIpc) is 3.57. The molecule has 1 atom stereocenters. The highest BCUT2D eigenvalue weighted by atomic mass is 35.5. The monoisotopic (exact) mass is 529 g/mol. The second kappa shape index (κ2) is 9.39. The molecule has 1 amide bonds. The summed E-state index contributed by atoms with van der Waals surface area (Å²) in [6.07, 6.45) is 2.58. The predicted octanol–water partition coefficient (Wildman–Crippen LogP) is 5.55. The maximum Gasteiger partial charge on any atom is 0.247 e. The van der Waals surface area contributed by atoms with Crippen LogP contribution in [-0.4, -0.2) is 36.2 Å². The lowest BCUT2D eigenvalue weighted by Crippen LogP contribution is -2.47. The summed E-state index contributed by atoms with van der Waals surface area (Å²) in [4.78, 5) is 20.4. The molecule has 1 fully saturated rings. The molecule has 182 valence electrons. The van der Waals surface area contributed by atoms with Gasteiger partial charge in [0.2, 0.25) is 15.9 Å². The summed E-state index contributed by atoms with van der Waals surface area (Å²) in [5.41, 5.74) is 2.99. The minimum absolute atomic E-state index is 0.116. The van der Waals surface area contributed by atoms with E-state index in [1.54, 1.807) is 23.3 Å². The first kappa shape index (κ1) is 24.0. The molecule has 0 bridgehead atoms. The number of aryl methyl sites for hydroxylation is 2. The zero-order valence-electron chi connectivity index (χ0n) is 19.3. The number of fused-ring (bicyclic) bond motifs is 1. The number of hydrogen-bond donors (Lipinski definition) is 0. The molecule has 0 radical (unpaired) electrons. The van der Waals surface area contributed by atoms with E-state index in [0.29, 0.717) is 28.8 Å².